The normalized spacial score (nSPS) is 11.8. The van der Waals surface area contributed by atoms with E-state index < -0.39 is 10.0 Å². The van der Waals surface area contributed by atoms with Crippen LogP contribution in [0.5, 0.6) is 5.75 Å². The molecular weight excluding hydrogens is 496 g/mol. The highest BCUT2D eigenvalue weighted by Crippen LogP contribution is 2.39. The number of benzene rings is 3. The van der Waals surface area contributed by atoms with Crippen molar-refractivity contribution in [1.82, 2.24) is 14.7 Å². The summed E-state index contributed by atoms with van der Waals surface area (Å²) in [4.78, 5) is 10.5. The first-order valence-electron chi connectivity index (χ1n) is 12.6. The lowest BCUT2D eigenvalue weighted by molar-refractivity contribution is 0.315. The van der Waals surface area contributed by atoms with Gasteiger partial charge in [0.2, 0.25) is 10.0 Å². The number of hydrogen-bond acceptors (Lipinski definition) is 5. The fraction of sp³-hybridized carbons (Fsp3) is 0.233. The Morgan fingerprint density at radius 1 is 1.03 bits per heavy atom. The van der Waals surface area contributed by atoms with E-state index in [9.17, 15) is 8.42 Å². The van der Waals surface area contributed by atoms with Gasteiger partial charge in [-0.25, -0.2) is 18.1 Å². The molecule has 0 radical (unpaired) electrons. The number of ether oxygens (including phenoxy) is 1. The zero-order chi connectivity index (χ0) is 26.9. The highest BCUT2D eigenvalue weighted by Gasteiger charge is 2.18. The minimum atomic E-state index is -3.57. The van der Waals surface area contributed by atoms with Crippen LogP contribution in [0.1, 0.15) is 17.5 Å². The minimum Gasteiger partial charge on any atom is -0.491 e. The Hall–Kier alpha value is -3.88. The van der Waals surface area contributed by atoms with E-state index in [1.807, 2.05) is 31.3 Å². The van der Waals surface area contributed by atoms with Crippen molar-refractivity contribution in [3.8, 4) is 16.9 Å². The van der Waals surface area contributed by atoms with Crippen LogP contribution in [-0.4, -0.2) is 45.6 Å². The van der Waals surface area contributed by atoms with Gasteiger partial charge < -0.3 is 14.6 Å². The van der Waals surface area contributed by atoms with E-state index in [0.29, 0.717) is 6.61 Å². The van der Waals surface area contributed by atoms with E-state index in [0.717, 1.165) is 57.3 Å². The van der Waals surface area contributed by atoms with E-state index in [2.05, 4.69) is 63.9 Å². The molecule has 0 amide bonds. The number of fused-ring (bicyclic) bond motifs is 3. The summed E-state index contributed by atoms with van der Waals surface area (Å²) in [5.41, 5.74) is 6.85. The van der Waals surface area contributed by atoms with Crippen LogP contribution in [0.2, 0.25) is 0 Å². The minimum absolute atomic E-state index is 0.220. The molecule has 8 heteroatoms. The molecular formula is C30H32N4O3S. The summed E-state index contributed by atoms with van der Waals surface area (Å²) in [5.74, 6) is 0.747. The maximum Gasteiger partial charge on any atom is 0.240 e. The molecule has 0 saturated carbocycles. The third-order valence-corrected chi connectivity index (χ3v) is 8.26. The summed E-state index contributed by atoms with van der Waals surface area (Å²) in [5, 5.41) is 1.94. The van der Waals surface area contributed by atoms with E-state index in [1.54, 1.807) is 18.2 Å². The largest absolute Gasteiger partial charge is 0.491 e. The van der Waals surface area contributed by atoms with Crippen LogP contribution >= 0.6 is 0 Å². The van der Waals surface area contributed by atoms with Gasteiger partial charge in [0.15, 0.2) is 0 Å². The molecule has 0 aliphatic rings. The molecule has 38 heavy (non-hydrogen) atoms. The van der Waals surface area contributed by atoms with Crippen LogP contribution < -0.4 is 14.4 Å². The van der Waals surface area contributed by atoms with Crippen molar-refractivity contribution >= 4 is 37.6 Å². The molecule has 0 fully saturated rings. The van der Waals surface area contributed by atoms with E-state index >= 15 is 0 Å². The van der Waals surface area contributed by atoms with Gasteiger partial charge in [0.05, 0.1) is 17.0 Å². The van der Waals surface area contributed by atoms with E-state index in [4.69, 9.17) is 4.74 Å². The summed E-state index contributed by atoms with van der Waals surface area (Å²) in [6, 6.07) is 21.4. The molecule has 5 rings (SSSR count). The number of hydrogen-bond donors (Lipinski definition) is 2. The third kappa shape index (κ3) is 4.97. The lowest BCUT2D eigenvalue weighted by Gasteiger charge is -2.21. The lowest BCUT2D eigenvalue weighted by Crippen LogP contribution is -2.21. The Morgan fingerprint density at radius 3 is 2.63 bits per heavy atom. The van der Waals surface area contributed by atoms with Gasteiger partial charge in [0.25, 0.3) is 0 Å². The van der Waals surface area contributed by atoms with Gasteiger partial charge in [-0.05, 0) is 86.0 Å². The SMILES string of the molecule is CNS(=O)(=O)c1cccc(-c2ccc(OCCCN(C)c3ccccc3C)c3[nH]c4ncc(C)cc4c23)c1. The van der Waals surface area contributed by atoms with E-state index in [1.165, 1.54) is 18.3 Å². The third-order valence-electron chi connectivity index (χ3n) is 6.85. The Kier molecular flexibility index (Phi) is 7.10. The zero-order valence-electron chi connectivity index (χ0n) is 22.1. The van der Waals surface area contributed by atoms with Gasteiger partial charge >= 0.3 is 0 Å². The number of anilines is 1. The maximum atomic E-state index is 12.5. The van der Waals surface area contributed by atoms with Crippen molar-refractivity contribution in [2.45, 2.75) is 25.2 Å². The predicted molar refractivity (Wildman–Crippen MR) is 155 cm³/mol. The number of rotatable bonds is 9. The number of nitrogens with zero attached hydrogens (tertiary/aromatic N) is 2. The van der Waals surface area contributed by atoms with Gasteiger partial charge in [-0.2, -0.15) is 0 Å². The molecule has 0 bridgehead atoms. The van der Waals surface area contributed by atoms with Gasteiger partial charge in [-0.15, -0.1) is 0 Å². The number of para-hydroxylation sites is 1. The van der Waals surface area contributed by atoms with Crippen molar-refractivity contribution in [3.05, 3.63) is 84.1 Å². The summed E-state index contributed by atoms with van der Waals surface area (Å²) >= 11 is 0. The highest BCUT2D eigenvalue weighted by atomic mass is 32.2. The molecule has 0 saturated heterocycles. The summed E-state index contributed by atoms with van der Waals surface area (Å²) in [6.45, 7) is 5.56. The number of sulfonamides is 1. The molecule has 3 aromatic carbocycles. The second-order valence-electron chi connectivity index (χ2n) is 9.54. The molecule has 2 heterocycles. The fourth-order valence-electron chi connectivity index (χ4n) is 4.87. The quantitative estimate of drug-likeness (QED) is 0.236. The standard InChI is InChI=1S/C30H32N4O3S/c1-20-17-25-28-24(22-10-7-11-23(18-22)38(35,36)31-3)13-14-27(29(28)33-30(25)32-19-20)37-16-8-15-34(4)26-12-6-5-9-21(26)2/h5-7,9-14,17-19,31H,8,15-16H2,1-4H3,(H,32,33). The van der Waals surface area contributed by atoms with Crippen LogP contribution in [0.15, 0.2) is 77.8 Å². The first-order valence-corrected chi connectivity index (χ1v) is 14.1. The van der Waals surface area contributed by atoms with Crippen LogP contribution in [0, 0.1) is 13.8 Å². The molecule has 0 aliphatic carbocycles. The Morgan fingerprint density at radius 2 is 1.84 bits per heavy atom. The van der Waals surface area contributed by atoms with Crippen molar-refractivity contribution in [2.75, 3.05) is 32.1 Å². The summed E-state index contributed by atoms with van der Waals surface area (Å²) < 4.78 is 33.6. The molecule has 7 nitrogen and oxygen atoms in total. The first kappa shape index (κ1) is 25.8. The number of aromatic nitrogens is 2. The second kappa shape index (κ2) is 10.5. The number of nitrogens with one attached hydrogen (secondary N) is 2. The molecule has 2 aromatic heterocycles. The fourth-order valence-corrected chi connectivity index (χ4v) is 5.65. The van der Waals surface area contributed by atoms with Crippen molar-refractivity contribution in [2.24, 2.45) is 0 Å². The molecule has 0 unspecified atom stereocenters. The summed E-state index contributed by atoms with van der Waals surface area (Å²) in [7, 11) is -0.0532. The van der Waals surface area contributed by atoms with Crippen LogP contribution in [0.3, 0.4) is 0 Å². The highest BCUT2D eigenvalue weighted by molar-refractivity contribution is 7.89. The molecule has 2 N–H and O–H groups in total. The van der Waals surface area contributed by atoms with Crippen molar-refractivity contribution in [1.29, 1.82) is 0 Å². The molecule has 5 aromatic rings. The molecule has 0 spiro atoms. The number of pyridine rings is 1. The topological polar surface area (TPSA) is 87.3 Å². The second-order valence-corrected chi connectivity index (χ2v) is 11.4. The zero-order valence-corrected chi connectivity index (χ0v) is 22.9. The molecule has 196 valence electrons. The van der Waals surface area contributed by atoms with Crippen molar-refractivity contribution < 1.29 is 13.2 Å². The van der Waals surface area contributed by atoms with Crippen LogP contribution in [0.25, 0.3) is 33.1 Å². The van der Waals surface area contributed by atoms with Gasteiger partial charge in [0, 0.05) is 36.2 Å². The average Bonchev–Trinajstić information content (AvgIpc) is 3.30. The van der Waals surface area contributed by atoms with Crippen molar-refractivity contribution in [3.63, 3.8) is 0 Å². The van der Waals surface area contributed by atoms with Crippen LogP contribution in [0.4, 0.5) is 5.69 Å². The van der Waals surface area contributed by atoms with Gasteiger partial charge in [0.1, 0.15) is 11.4 Å². The predicted octanol–water partition coefficient (Wildman–Crippen LogP) is 5.81. The molecule has 0 aliphatic heterocycles. The Balaban J connectivity index is 1.48. The van der Waals surface area contributed by atoms with Gasteiger partial charge in [-0.1, -0.05) is 30.3 Å². The maximum absolute atomic E-state index is 12.5. The average molecular weight is 529 g/mol. The lowest BCUT2D eigenvalue weighted by atomic mass is 9.99. The first-order chi connectivity index (χ1) is 18.3. The van der Waals surface area contributed by atoms with Crippen LogP contribution in [-0.2, 0) is 10.0 Å². The number of aromatic amines is 1. The summed E-state index contributed by atoms with van der Waals surface area (Å²) in [6.07, 6.45) is 2.69. The molecule has 0 atom stereocenters. The van der Waals surface area contributed by atoms with Gasteiger partial charge in [-0.3, -0.25) is 0 Å². The van der Waals surface area contributed by atoms with E-state index in [-0.39, 0.29) is 4.90 Å². The number of aryl methyl sites for hydroxylation is 2. The Labute approximate surface area is 223 Å². The number of H-pyrrole nitrogens is 1. The smallest absolute Gasteiger partial charge is 0.240 e. The Bertz CT molecular complexity index is 1730. The monoisotopic (exact) mass is 528 g/mol.